The number of nitro groups is 1. The summed E-state index contributed by atoms with van der Waals surface area (Å²) >= 11 is 0. The number of rotatable bonds is 5. The molecule has 0 amide bonds. The molecule has 0 radical (unpaired) electrons. The molecule has 0 heterocycles. The summed E-state index contributed by atoms with van der Waals surface area (Å²) in [5.41, 5.74) is -1.21. The maximum atomic E-state index is 13.6. The SMILES string of the molecule is Cc1cc(S(=O)(=O)N(CC#N)CC#N)cc([N+](=O)[O-])c1F. The lowest BCUT2D eigenvalue weighted by Crippen LogP contribution is -2.32. The average molecular weight is 312 g/mol. The lowest BCUT2D eigenvalue weighted by molar-refractivity contribution is -0.387. The summed E-state index contributed by atoms with van der Waals surface area (Å²) in [6.07, 6.45) is 0. The summed E-state index contributed by atoms with van der Waals surface area (Å²) in [5, 5.41) is 27.9. The second-order valence-corrected chi connectivity index (χ2v) is 5.86. The second kappa shape index (κ2) is 6.26. The molecule has 0 bridgehead atoms. The van der Waals surface area contributed by atoms with Gasteiger partial charge in [-0.2, -0.15) is 19.2 Å². The average Bonchev–Trinajstić information content (AvgIpc) is 2.40. The van der Waals surface area contributed by atoms with E-state index in [1.165, 1.54) is 6.92 Å². The summed E-state index contributed by atoms with van der Waals surface area (Å²) in [6, 6.07) is 4.64. The third-order valence-electron chi connectivity index (χ3n) is 2.54. The fourth-order valence-electron chi connectivity index (χ4n) is 1.53. The summed E-state index contributed by atoms with van der Waals surface area (Å²) < 4.78 is 38.6. The van der Waals surface area contributed by atoms with Crippen molar-refractivity contribution in [2.75, 3.05) is 13.1 Å². The number of benzene rings is 1. The van der Waals surface area contributed by atoms with Crippen molar-refractivity contribution < 1.29 is 17.7 Å². The monoisotopic (exact) mass is 312 g/mol. The molecule has 21 heavy (non-hydrogen) atoms. The van der Waals surface area contributed by atoms with Crippen molar-refractivity contribution in [3.05, 3.63) is 33.6 Å². The number of halogens is 1. The van der Waals surface area contributed by atoms with Crippen molar-refractivity contribution in [3.8, 4) is 12.1 Å². The normalized spacial score (nSPS) is 10.9. The summed E-state index contributed by atoms with van der Waals surface area (Å²) in [7, 11) is -4.30. The van der Waals surface area contributed by atoms with Crippen LogP contribution >= 0.6 is 0 Å². The Labute approximate surface area is 119 Å². The van der Waals surface area contributed by atoms with Gasteiger partial charge in [0.25, 0.3) is 0 Å². The Kier molecular flexibility index (Phi) is 4.92. The highest BCUT2D eigenvalue weighted by molar-refractivity contribution is 7.89. The first-order chi connectivity index (χ1) is 9.75. The molecule has 0 atom stereocenters. The fraction of sp³-hybridized carbons (Fsp3) is 0.273. The third-order valence-corrected chi connectivity index (χ3v) is 4.31. The number of hydrogen-bond acceptors (Lipinski definition) is 6. The molecule has 1 aromatic carbocycles. The van der Waals surface area contributed by atoms with E-state index >= 15 is 0 Å². The van der Waals surface area contributed by atoms with Crippen molar-refractivity contribution in [1.82, 2.24) is 4.31 Å². The quantitative estimate of drug-likeness (QED) is 0.454. The van der Waals surface area contributed by atoms with Gasteiger partial charge in [0.2, 0.25) is 15.8 Å². The number of aryl methyl sites for hydroxylation is 1. The molecule has 110 valence electrons. The molecule has 0 N–H and O–H groups in total. The summed E-state index contributed by atoms with van der Waals surface area (Å²) in [5.74, 6) is -1.13. The van der Waals surface area contributed by atoms with Crippen LogP contribution in [0.15, 0.2) is 17.0 Å². The molecule has 0 saturated heterocycles. The molecule has 0 aliphatic rings. The first-order valence-electron chi connectivity index (χ1n) is 5.44. The number of nitrogens with zero attached hydrogens (tertiary/aromatic N) is 4. The van der Waals surface area contributed by atoms with E-state index in [0.29, 0.717) is 10.4 Å². The third kappa shape index (κ3) is 3.31. The molecule has 0 spiro atoms. The highest BCUT2D eigenvalue weighted by Gasteiger charge is 2.28. The molecule has 1 rings (SSSR count). The first kappa shape index (κ1) is 16.5. The molecule has 1 aromatic rings. The lowest BCUT2D eigenvalue weighted by atomic mass is 10.2. The smallest absolute Gasteiger partial charge is 0.258 e. The molecule has 0 aromatic heterocycles. The van der Waals surface area contributed by atoms with Crippen LogP contribution in [0.5, 0.6) is 0 Å². The minimum Gasteiger partial charge on any atom is -0.258 e. The van der Waals surface area contributed by atoms with E-state index in [2.05, 4.69) is 0 Å². The molecule has 10 heteroatoms. The molecular weight excluding hydrogens is 303 g/mol. The largest absolute Gasteiger partial charge is 0.306 e. The van der Waals surface area contributed by atoms with Crippen LogP contribution in [0.2, 0.25) is 0 Å². The van der Waals surface area contributed by atoms with Crippen LogP contribution in [0.25, 0.3) is 0 Å². The number of hydrogen-bond donors (Lipinski definition) is 0. The van der Waals surface area contributed by atoms with E-state index in [1.54, 1.807) is 12.1 Å². The Balaban J connectivity index is 3.49. The Morgan fingerprint density at radius 1 is 1.33 bits per heavy atom. The van der Waals surface area contributed by atoms with Crippen LogP contribution in [0.4, 0.5) is 10.1 Å². The minimum atomic E-state index is -4.30. The lowest BCUT2D eigenvalue weighted by Gasteiger charge is -2.16. The van der Waals surface area contributed by atoms with Crippen LogP contribution in [-0.2, 0) is 10.0 Å². The van der Waals surface area contributed by atoms with Crippen molar-refractivity contribution in [1.29, 1.82) is 10.5 Å². The van der Waals surface area contributed by atoms with Gasteiger partial charge in [-0.3, -0.25) is 10.1 Å². The van der Waals surface area contributed by atoms with Crippen molar-refractivity contribution in [3.63, 3.8) is 0 Å². The first-order valence-corrected chi connectivity index (χ1v) is 6.88. The van der Waals surface area contributed by atoms with Crippen molar-refractivity contribution >= 4 is 15.7 Å². The fourth-order valence-corrected chi connectivity index (χ4v) is 2.87. The van der Waals surface area contributed by atoms with Crippen LogP contribution in [0.3, 0.4) is 0 Å². The van der Waals surface area contributed by atoms with E-state index < -0.39 is 44.4 Å². The van der Waals surface area contributed by atoms with E-state index in [1.807, 2.05) is 0 Å². The Bertz CT molecular complexity index is 748. The number of nitro benzene ring substituents is 1. The van der Waals surface area contributed by atoms with Crippen LogP contribution in [0.1, 0.15) is 5.56 Å². The van der Waals surface area contributed by atoms with Gasteiger partial charge in [-0.25, -0.2) is 8.42 Å². The van der Waals surface area contributed by atoms with E-state index in [-0.39, 0.29) is 5.56 Å². The van der Waals surface area contributed by atoms with Gasteiger partial charge in [-0.15, -0.1) is 0 Å². The van der Waals surface area contributed by atoms with Crippen LogP contribution in [0, 0.1) is 45.5 Å². The number of sulfonamides is 1. The second-order valence-electron chi connectivity index (χ2n) is 3.92. The summed E-state index contributed by atoms with van der Waals surface area (Å²) in [4.78, 5) is 9.14. The van der Waals surface area contributed by atoms with Gasteiger partial charge in [0.15, 0.2) is 0 Å². The zero-order chi connectivity index (χ0) is 16.2. The van der Waals surface area contributed by atoms with Gasteiger partial charge in [0.1, 0.15) is 13.1 Å². The Morgan fingerprint density at radius 2 is 1.86 bits per heavy atom. The van der Waals surface area contributed by atoms with Gasteiger partial charge in [0, 0.05) is 6.07 Å². The maximum Gasteiger partial charge on any atom is 0.306 e. The predicted octanol–water partition coefficient (Wildman–Crippen LogP) is 1.08. The maximum absolute atomic E-state index is 13.6. The van der Waals surface area contributed by atoms with Crippen molar-refractivity contribution in [2.24, 2.45) is 0 Å². The van der Waals surface area contributed by atoms with Gasteiger partial charge in [0.05, 0.1) is 22.0 Å². The topological polar surface area (TPSA) is 128 Å². The van der Waals surface area contributed by atoms with E-state index in [9.17, 15) is 22.9 Å². The van der Waals surface area contributed by atoms with Gasteiger partial charge in [-0.1, -0.05) is 0 Å². The van der Waals surface area contributed by atoms with Gasteiger partial charge in [-0.05, 0) is 18.6 Å². The standard InChI is InChI=1S/C11H9FN4O4S/c1-8-6-9(7-10(11(8)12)16(17)18)21(19,20)15(4-2-13)5-3-14/h6-7H,4-5H2,1H3. The van der Waals surface area contributed by atoms with Gasteiger partial charge < -0.3 is 0 Å². The number of nitriles is 2. The molecule has 0 saturated carbocycles. The Hall–Kier alpha value is -2.56. The molecule has 8 nitrogen and oxygen atoms in total. The molecular formula is C11H9FN4O4S. The van der Waals surface area contributed by atoms with Crippen molar-refractivity contribution in [2.45, 2.75) is 11.8 Å². The molecule has 0 unspecified atom stereocenters. The highest BCUT2D eigenvalue weighted by Crippen LogP contribution is 2.26. The zero-order valence-electron chi connectivity index (χ0n) is 10.8. The molecule has 0 fully saturated rings. The van der Waals surface area contributed by atoms with E-state index in [0.717, 1.165) is 6.07 Å². The summed E-state index contributed by atoms with van der Waals surface area (Å²) in [6.45, 7) is -0.0134. The van der Waals surface area contributed by atoms with Crippen LogP contribution < -0.4 is 0 Å². The highest BCUT2D eigenvalue weighted by atomic mass is 32.2. The zero-order valence-corrected chi connectivity index (χ0v) is 11.6. The van der Waals surface area contributed by atoms with E-state index in [4.69, 9.17) is 10.5 Å². The predicted molar refractivity (Wildman–Crippen MR) is 67.8 cm³/mol. The minimum absolute atomic E-state index is 0.225. The van der Waals surface area contributed by atoms with Crippen LogP contribution in [-0.4, -0.2) is 30.7 Å². The Morgan fingerprint density at radius 3 is 2.29 bits per heavy atom. The molecule has 0 aliphatic carbocycles. The van der Waals surface area contributed by atoms with Gasteiger partial charge >= 0.3 is 5.69 Å². The molecule has 0 aliphatic heterocycles.